The van der Waals surface area contributed by atoms with E-state index in [-0.39, 0.29) is 37.2 Å². The lowest BCUT2D eigenvalue weighted by Crippen LogP contribution is -2.25. The number of alkyl halides is 2. The number of fused-ring (bicyclic) bond motifs is 1. The first-order chi connectivity index (χ1) is 14.9. The van der Waals surface area contributed by atoms with Crippen molar-refractivity contribution >= 4 is 34.3 Å². The van der Waals surface area contributed by atoms with Gasteiger partial charge in [0.25, 0.3) is 0 Å². The maximum Gasteiger partial charge on any atom is 0.339 e. The summed E-state index contributed by atoms with van der Waals surface area (Å²) in [7, 11) is 1.24. The molecule has 0 unspecified atom stereocenters. The molecular weight excluding hydrogens is 406 g/mol. The molecule has 1 saturated carbocycles. The van der Waals surface area contributed by atoms with Crippen LogP contribution >= 0.6 is 0 Å². The van der Waals surface area contributed by atoms with Gasteiger partial charge in [0, 0.05) is 35.9 Å². The molecule has 1 aromatic carbocycles. The summed E-state index contributed by atoms with van der Waals surface area (Å²) in [6.07, 6.45) is 3.09. The highest BCUT2D eigenvalue weighted by Gasteiger charge is 2.37. The number of anilines is 2. The molecule has 9 heteroatoms. The molecule has 0 radical (unpaired) electrons. The second-order valence-electron chi connectivity index (χ2n) is 7.61. The Hall–Kier alpha value is -3.49. The summed E-state index contributed by atoms with van der Waals surface area (Å²) in [6, 6.07) is 8.48. The Morgan fingerprint density at radius 1 is 1.19 bits per heavy atom. The molecule has 0 saturated heterocycles. The molecule has 0 atom stereocenters. The Labute approximate surface area is 177 Å². The number of hydrogen-bond donors (Lipinski definition) is 3. The topological polar surface area (TPSA) is 96.1 Å². The molecule has 2 amide bonds. The SMILES string of the molecule is COC(=O)c1cc(NC(=O)Nc2c[nH]c3ccccc23)cnc1C1CCC(F)(F)CC1. The number of halogens is 2. The first-order valence-electron chi connectivity index (χ1n) is 9.96. The quantitative estimate of drug-likeness (QED) is 0.492. The van der Waals surface area contributed by atoms with Gasteiger partial charge in [-0.25, -0.2) is 18.4 Å². The molecule has 1 fully saturated rings. The van der Waals surface area contributed by atoms with E-state index in [9.17, 15) is 18.4 Å². The number of aromatic amines is 1. The molecular formula is C22H22F2N4O3. The molecule has 31 heavy (non-hydrogen) atoms. The fraction of sp³-hybridized carbons (Fsp3) is 0.318. The minimum absolute atomic E-state index is 0.169. The van der Waals surface area contributed by atoms with E-state index in [0.717, 1.165) is 10.9 Å². The molecule has 162 valence electrons. The van der Waals surface area contributed by atoms with E-state index in [2.05, 4.69) is 20.6 Å². The van der Waals surface area contributed by atoms with Crippen LogP contribution < -0.4 is 10.6 Å². The number of nitrogens with zero attached hydrogens (tertiary/aromatic N) is 1. The summed E-state index contributed by atoms with van der Waals surface area (Å²) in [5.74, 6) is -3.56. The third-order valence-corrected chi connectivity index (χ3v) is 5.52. The maximum atomic E-state index is 13.5. The number of aromatic nitrogens is 2. The molecule has 1 aliphatic carbocycles. The van der Waals surface area contributed by atoms with Crippen molar-refractivity contribution in [1.82, 2.24) is 9.97 Å². The van der Waals surface area contributed by atoms with E-state index in [1.54, 1.807) is 6.20 Å². The molecule has 0 aliphatic heterocycles. The molecule has 3 N–H and O–H groups in total. The largest absolute Gasteiger partial charge is 0.465 e. The van der Waals surface area contributed by atoms with Crippen molar-refractivity contribution in [3.8, 4) is 0 Å². The van der Waals surface area contributed by atoms with Crippen LogP contribution in [0.5, 0.6) is 0 Å². The second-order valence-corrected chi connectivity index (χ2v) is 7.61. The van der Waals surface area contributed by atoms with Gasteiger partial charge in [0.15, 0.2) is 0 Å². The zero-order valence-electron chi connectivity index (χ0n) is 16.9. The fourth-order valence-electron chi connectivity index (χ4n) is 3.92. The van der Waals surface area contributed by atoms with Gasteiger partial charge in [0.05, 0.1) is 35.9 Å². The summed E-state index contributed by atoms with van der Waals surface area (Å²) in [4.78, 5) is 32.2. The number of para-hydroxylation sites is 1. The van der Waals surface area contributed by atoms with Crippen molar-refractivity contribution in [2.24, 2.45) is 0 Å². The Kier molecular flexibility index (Phi) is 5.58. The summed E-state index contributed by atoms with van der Waals surface area (Å²) in [6.45, 7) is 0. The monoisotopic (exact) mass is 428 g/mol. The standard InChI is InChI=1S/C22H22F2N4O3/c1-31-20(29)16-10-14(11-26-19(16)13-6-8-22(23,24)9-7-13)27-21(30)28-18-12-25-17-5-3-2-4-15(17)18/h2-5,10-13,25H,6-9H2,1H3,(H2,27,28,30). The predicted molar refractivity (Wildman–Crippen MR) is 113 cm³/mol. The number of rotatable bonds is 4. The molecule has 7 nitrogen and oxygen atoms in total. The van der Waals surface area contributed by atoms with Gasteiger partial charge in [-0.1, -0.05) is 18.2 Å². The number of urea groups is 1. The van der Waals surface area contributed by atoms with E-state index < -0.39 is 17.9 Å². The van der Waals surface area contributed by atoms with E-state index >= 15 is 0 Å². The molecule has 2 heterocycles. The van der Waals surface area contributed by atoms with Crippen molar-refractivity contribution in [2.75, 3.05) is 17.7 Å². The third-order valence-electron chi connectivity index (χ3n) is 5.52. The Balaban J connectivity index is 1.52. The number of pyridine rings is 1. The molecule has 2 aromatic heterocycles. The Morgan fingerprint density at radius 3 is 2.68 bits per heavy atom. The Morgan fingerprint density at radius 2 is 1.94 bits per heavy atom. The van der Waals surface area contributed by atoms with E-state index in [0.29, 0.717) is 17.1 Å². The molecule has 3 aromatic rings. The maximum absolute atomic E-state index is 13.5. The lowest BCUT2D eigenvalue weighted by atomic mass is 9.83. The number of hydrogen-bond acceptors (Lipinski definition) is 4. The smallest absolute Gasteiger partial charge is 0.339 e. The highest BCUT2D eigenvalue weighted by Crippen LogP contribution is 2.41. The number of H-pyrrole nitrogens is 1. The van der Waals surface area contributed by atoms with Crippen LogP contribution in [0.4, 0.5) is 25.0 Å². The van der Waals surface area contributed by atoms with Crippen molar-refractivity contribution in [3.05, 3.63) is 54.0 Å². The van der Waals surface area contributed by atoms with Crippen LogP contribution in [0.2, 0.25) is 0 Å². The van der Waals surface area contributed by atoms with Crippen molar-refractivity contribution in [3.63, 3.8) is 0 Å². The number of ether oxygens (including phenoxy) is 1. The fourth-order valence-corrected chi connectivity index (χ4v) is 3.92. The molecule has 1 aliphatic rings. The normalized spacial score (nSPS) is 16.1. The van der Waals surface area contributed by atoms with Crippen LogP contribution in [0.15, 0.2) is 42.7 Å². The number of benzene rings is 1. The first kappa shape index (κ1) is 20.8. The highest BCUT2D eigenvalue weighted by atomic mass is 19.3. The van der Waals surface area contributed by atoms with Gasteiger partial charge in [-0.3, -0.25) is 4.98 Å². The second kappa shape index (κ2) is 8.33. The van der Waals surface area contributed by atoms with Crippen LogP contribution in [0.25, 0.3) is 10.9 Å². The van der Waals surface area contributed by atoms with Crippen LogP contribution in [0.1, 0.15) is 47.7 Å². The molecule has 0 spiro atoms. The summed E-state index contributed by atoms with van der Waals surface area (Å²) in [5, 5.41) is 6.26. The first-order valence-corrected chi connectivity index (χ1v) is 9.96. The molecule has 4 rings (SSSR count). The summed E-state index contributed by atoms with van der Waals surface area (Å²) < 4.78 is 31.9. The predicted octanol–water partition coefficient (Wildman–Crippen LogP) is 5.29. The number of amides is 2. The number of esters is 1. The summed E-state index contributed by atoms with van der Waals surface area (Å²) >= 11 is 0. The van der Waals surface area contributed by atoms with Gasteiger partial charge in [-0.05, 0) is 25.0 Å². The van der Waals surface area contributed by atoms with Crippen LogP contribution in [-0.2, 0) is 4.74 Å². The highest BCUT2D eigenvalue weighted by molar-refractivity contribution is 6.06. The van der Waals surface area contributed by atoms with Gasteiger partial charge < -0.3 is 20.4 Å². The van der Waals surface area contributed by atoms with Crippen LogP contribution in [-0.4, -0.2) is 35.0 Å². The third kappa shape index (κ3) is 4.50. The lowest BCUT2D eigenvalue weighted by molar-refractivity contribution is -0.0385. The summed E-state index contributed by atoms with van der Waals surface area (Å²) in [5.41, 5.74) is 2.37. The number of methoxy groups -OCH3 is 1. The lowest BCUT2D eigenvalue weighted by Gasteiger charge is -2.28. The average Bonchev–Trinajstić information content (AvgIpc) is 3.16. The van der Waals surface area contributed by atoms with Crippen molar-refractivity contribution in [2.45, 2.75) is 37.5 Å². The average molecular weight is 428 g/mol. The number of nitrogens with one attached hydrogen (secondary N) is 3. The van der Waals surface area contributed by atoms with Crippen LogP contribution in [0.3, 0.4) is 0 Å². The number of carbonyl (C=O) groups is 2. The van der Waals surface area contributed by atoms with Gasteiger partial charge >= 0.3 is 12.0 Å². The Bertz CT molecular complexity index is 1120. The van der Waals surface area contributed by atoms with Gasteiger partial charge in [-0.15, -0.1) is 0 Å². The van der Waals surface area contributed by atoms with Gasteiger partial charge in [-0.2, -0.15) is 0 Å². The van der Waals surface area contributed by atoms with Crippen molar-refractivity contribution in [1.29, 1.82) is 0 Å². The van der Waals surface area contributed by atoms with Crippen LogP contribution in [0, 0.1) is 0 Å². The molecule has 0 bridgehead atoms. The van der Waals surface area contributed by atoms with Gasteiger partial charge in [0.2, 0.25) is 5.92 Å². The minimum atomic E-state index is -2.68. The zero-order valence-corrected chi connectivity index (χ0v) is 16.9. The van der Waals surface area contributed by atoms with Crippen molar-refractivity contribution < 1.29 is 23.1 Å². The van der Waals surface area contributed by atoms with Gasteiger partial charge in [0.1, 0.15) is 0 Å². The number of carbonyl (C=O) groups excluding carboxylic acids is 2. The van der Waals surface area contributed by atoms with E-state index in [1.807, 2.05) is 24.3 Å². The zero-order chi connectivity index (χ0) is 22.0. The van der Waals surface area contributed by atoms with E-state index in [4.69, 9.17) is 4.74 Å². The minimum Gasteiger partial charge on any atom is -0.465 e. The van der Waals surface area contributed by atoms with E-state index in [1.165, 1.54) is 19.4 Å².